The first-order valence-electron chi connectivity index (χ1n) is 4.36. The summed E-state index contributed by atoms with van der Waals surface area (Å²) in [5.74, 6) is -0.277. The largest absolute Gasteiger partial charge is 0.242 e. The van der Waals surface area contributed by atoms with Crippen molar-refractivity contribution < 1.29 is 4.39 Å². The van der Waals surface area contributed by atoms with Crippen LogP contribution < -0.4 is 0 Å². The van der Waals surface area contributed by atoms with Crippen LogP contribution in [0.4, 0.5) is 4.39 Å². The summed E-state index contributed by atoms with van der Waals surface area (Å²) in [5.41, 5.74) is 0.701. The van der Waals surface area contributed by atoms with Crippen LogP contribution >= 0.6 is 0 Å². The predicted octanol–water partition coefficient (Wildman–Crippen LogP) is 2.74. The molecule has 1 heterocycles. The smallest absolute Gasteiger partial charge is 0.219 e. The molecule has 2 rings (SSSR count). The third-order valence-corrected chi connectivity index (χ3v) is 1.67. The molecule has 2 aromatic rings. The number of hydrogen-bond acceptors (Lipinski definition) is 1. The molecule has 70 valence electrons. The SMILES string of the molecule is CC.Cn1nc2ccccc2c1F. The maximum absolute atomic E-state index is 13.1. The minimum atomic E-state index is -0.277. The summed E-state index contributed by atoms with van der Waals surface area (Å²) in [7, 11) is 1.59. The van der Waals surface area contributed by atoms with Crippen molar-refractivity contribution in [2.45, 2.75) is 13.8 Å². The van der Waals surface area contributed by atoms with Gasteiger partial charge in [0, 0.05) is 7.05 Å². The van der Waals surface area contributed by atoms with Crippen molar-refractivity contribution in [3.05, 3.63) is 30.2 Å². The lowest BCUT2D eigenvalue weighted by Crippen LogP contribution is -1.92. The third kappa shape index (κ3) is 1.69. The van der Waals surface area contributed by atoms with Crippen LogP contribution in [0.1, 0.15) is 13.8 Å². The van der Waals surface area contributed by atoms with E-state index in [1.807, 2.05) is 19.9 Å². The van der Waals surface area contributed by atoms with Crippen molar-refractivity contribution in [3.63, 3.8) is 0 Å². The minimum absolute atomic E-state index is 0.277. The highest BCUT2D eigenvalue weighted by Gasteiger charge is 2.04. The Kier molecular flexibility index (Phi) is 3.01. The summed E-state index contributed by atoms with van der Waals surface area (Å²) in [5, 5.41) is 4.53. The molecule has 0 aliphatic rings. The average Bonchev–Trinajstić information content (AvgIpc) is 2.47. The van der Waals surface area contributed by atoms with Gasteiger partial charge in [-0.05, 0) is 12.1 Å². The molecule has 0 fully saturated rings. The van der Waals surface area contributed by atoms with Crippen molar-refractivity contribution in [1.29, 1.82) is 0 Å². The molecule has 2 nitrogen and oxygen atoms in total. The molecule has 0 bridgehead atoms. The van der Waals surface area contributed by atoms with Crippen molar-refractivity contribution in [3.8, 4) is 0 Å². The molecule has 0 spiro atoms. The van der Waals surface area contributed by atoms with Gasteiger partial charge in [-0.1, -0.05) is 26.0 Å². The molecule has 0 radical (unpaired) electrons. The highest BCUT2D eigenvalue weighted by molar-refractivity contribution is 5.78. The van der Waals surface area contributed by atoms with Gasteiger partial charge in [-0.15, -0.1) is 0 Å². The number of nitrogens with zero attached hydrogens (tertiary/aromatic N) is 2. The summed E-state index contributed by atoms with van der Waals surface area (Å²) in [6.45, 7) is 4.00. The minimum Gasteiger partial charge on any atom is -0.242 e. The Morgan fingerprint density at radius 1 is 1.23 bits per heavy atom. The van der Waals surface area contributed by atoms with Gasteiger partial charge in [0.25, 0.3) is 0 Å². The number of halogens is 1. The lowest BCUT2D eigenvalue weighted by molar-refractivity contribution is 0.512. The Morgan fingerprint density at radius 3 is 2.46 bits per heavy atom. The van der Waals surface area contributed by atoms with Crippen LogP contribution in [0.25, 0.3) is 10.9 Å². The van der Waals surface area contributed by atoms with E-state index in [9.17, 15) is 4.39 Å². The maximum atomic E-state index is 13.1. The van der Waals surface area contributed by atoms with Gasteiger partial charge < -0.3 is 0 Å². The van der Waals surface area contributed by atoms with Crippen LogP contribution in [-0.4, -0.2) is 9.78 Å². The van der Waals surface area contributed by atoms with E-state index < -0.39 is 0 Å². The molecule has 0 saturated heterocycles. The number of benzene rings is 1. The summed E-state index contributed by atoms with van der Waals surface area (Å²) in [6.07, 6.45) is 0. The Hall–Kier alpha value is -1.38. The first-order chi connectivity index (χ1) is 6.29. The summed E-state index contributed by atoms with van der Waals surface area (Å²) >= 11 is 0. The van der Waals surface area contributed by atoms with Gasteiger partial charge in [-0.25, -0.2) is 4.68 Å². The molecular formula is C10H13FN2. The van der Waals surface area contributed by atoms with Crippen LogP contribution in [-0.2, 0) is 7.05 Å². The van der Waals surface area contributed by atoms with Gasteiger partial charge in [-0.3, -0.25) is 0 Å². The molecule has 0 aliphatic heterocycles. The van der Waals surface area contributed by atoms with E-state index in [1.54, 1.807) is 25.2 Å². The number of aryl methyl sites for hydroxylation is 1. The van der Waals surface area contributed by atoms with E-state index >= 15 is 0 Å². The Morgan fingerprint density at radius 2 is 1.85 bits per heavy atom. The molecule has 1 aromatic heterocycles. The van der Waals surface area contributed by atoms with Crippen LogP contribution in [0.2, 0.25) is 0 Å². The quantitative estimate of drug-likeness (QED) is 0.609. The second kappa shape index (κ2) is 4.03. The fraction of sp³-hybridized carbons (Fsp3) is 0.300. The number of hydrogen-bond donors (Lipinski definition) is 0. The highest BCUT2D eigenvalue weighted by Crippen LogP contribution is 2.14. The van der Waals surface area contributed by atoms with E-state index in [2.05, 4.69) is 5.10 Å². The monoisotopic (exact) mass is 180 g/mol. The van der Waals surface area contributed by atoms with E-state index in [1.165, 1.54) is 4.68 Å². The second-order valence-electron chi connectivity index (χ2n) is 2.43. The van der Waals surface area contributed by atoms with E-state index in [0.717, 1.165) is 0 Å². The first kappa shape index (κ1) is 9.71. The third-order valence-electron chi connectivity index (χ3n) is 1.67. The topological polar surface area (TPSA) is 17.8 Å². The van der Waals surface area contributed by atoms with Crippen molar-refractivity contribution in [1.82, 2.24) is 9.78 Å². The summed E-state index contributed by atoms with van der Waals surface area (Å²) in [6, 6.07) is 7.15. The molecule has 0 aliphatic carbocycles. The zero-order valence-electron chi connectivity index (χ0n) is 8.08. The fourth-order valence-electron chi connectivity index (χ4n) is 1.12. The van der Waals surface area contributed by atoms with Gasteiger partial charge in [0.2, 0.25) is 5.95 Å². The molecule has 0 atom stereocenters. The average molecular weight is 180 g/mol. The van der Waals surface area contributed by atoms with Crippen LogP contribution in [0.5, 0.6) is 0 Å². The molecule has 1 aromatic carbocycles. The number of rotatable bonds is 0. The maximum Gasteiger partial charge on any atom is 0.219 e. The summed E-state index contributed by atoms with van der Waals surface area (Å²) < 4.78 is 14.3. The lowest BCUT2D eigenvalue weighted by Gasteiger charge is -1.85. The van der Waals surface area contributed by atoms with Crippen LogP contribution in [0.3, 0.4) is 0 Å². The van der Waals surface area contributed by atoms with Gasteiger partial charge in [0.1, 0.15) is 0 Å². The van der Waals surface area contributed by atoms with Crippen LogP contribution in [0.15, 0.2) is 24.3 Å². The Balaban J connectivity index is 0.000000396. The normalized spacial score (nSPS) is 9.54. The zero-order valence-corrected chi connectivity index (χ0v) is 8.08. The van der Waals surface area contributed by atoms with Gasteiger partial charge in [-0.2, -0.15) is 9.49 Å². The first-order valence-corrected chi connectivity index (χ1v) is 4.36. The number of aromatic nitrogens is 2. The molecule has 0 N–H and O–H groups in total. The molecule has 0 saturated carbocycles. The Bertz CT molecular complexity index is 393. The molecule has 13 heavy (non-hydrogen) atoms. The second-order valence-corrected chi connectivity index (χ2v) is 2.43. The van der Waals surface area contributed by atoms with Gasteiger partial charge >= 0.3 is 0 Å². The van der Waals surface area contributed by atoms with Crippen LogP contribution in [0, 0.1) is 5.95 Å². The fourth-order valence-corrected chi connectivity index (χ4v) is 1.12. The standard InChI is InChI=1S/C8H7FN2.C2H6/c1-11-8(9)6-4-2-3-5-7(6)10-11;1-2/h2-5H,1H3;1-2H3. The molecular weight excluding hydrogens is 167 g/mol. The highest BCUT2D eigenvalue weighted by atomic mass is 19.1. The molecule has 0 unspecified atom stereocenters. The molecule has 3 heteroatoms. The number of fused-ring (bicyclic) bond motifs is 1. The van der Waals surface area contributed by atoms with Gasteiger partial charge in [0.15, 0.2) is 0 Å². The molecule has 0 amide bonds. The van der Waals surface area contributed by atoms with Crippen molar-refractivity contribution in [2.24, 2.45) is 7.05 Å². The van der Waals surface area contributed by atoms with Crippen molar-refractivity contribution >= 4 is 10.9 Å². The zero-order chi connectivity index (χ0) is 9.84. The van der Waals surface area contributed by atoms with Gasteiger partial charge in [0.05, 0.1) is 10.9 Å². The predicted molar refractivity (Wildman–Crippen MR) is 52.0 cm³/mol. The summed E-state index contributed by atoms with van der Waals surface area (Å²) in [4.78, 5) is 0. The lowest BCUT2D eigenvalue weighted by atomic mass is 10.3. The Labute approximate surface area is 77.0 Å². The van der Waals surface area contributed by atoms with E-state index in [4.69, 9.17) is 0 Å². The van der Waals surface area contributed by atoms with E-state index in [-0.39, 0.29) is 5.95 Å². The van der Waals surface area contributed by atoms with E-state index in [0.29, 0.717) is 10.9 Å². The van der Waals surface area contributed by atoms with Crippen molar-refractivity contribution in [2.75, 3.05) is 0 Å².